The van der Waals surface area contributed by atoms with Gasteiger partial charge in [-0.3, -0.25) is 68.8 Å². The third kappa shape index (κ3) is 25.4. The number of fused-ring (bicyclic) bond motifs is 1. The van der Waals surface area contributed by atoms with Crippen molar-refractivity contribution in [1.29, 1.82) is 0 Å². The number of aliphatic hydroxyl groups excluding tert-OH is 1. The van der Waals surface area contributed by atoms with Crippen molar-refractivity contribution in [1.82, 2.24) is 42.1 Å². The van der Waals surface area contributed by atoms with Gasteiger partial charge in [0, 0.05) is 62.4 Å². The Morgan fingerprint density at radius 2 is 1.27 bits per heavy atom. The van der Waals surface area contributed by atoms with Crippen LogP contribution in [0.4, 0.5) is 21.9 Å². The van der Waals surface area contributed by atoms with Crippen molar-refractivity contribution in [2.45, 2.75) is 101 Å². The molecule has 0 unspecified atom stereocenters. The minimum absolute atomic E-state index is 0.000944. The SMILES string of the molecule is COc1ccc2cc(CC(=O)NCC(=O)N[C@@H](CO)C(=O)N3CCC[C@H]3C(=O)OC[C@H](NC(=O)OCc3ccccc3)C(=O)N[C@@H](CCCN=C(N)N)C(=O)N[C@@H](CCCN=C(N)N)C(=O)N[C@@H](CCCN=C(N)N)C(=O)NCCNc3ccc([N+](=O)[O-])cc3[N+](=O)[O-])c(=O)oc2c1. The number of nitrogens with zero attached hydrogens (tertiary/aromatic N) is 6. The number of benzene rings is 3. The number of aliphatic hydroxyl groups is 1. The van der Waals surface area contributed by atoms with Gasteiger partial charge in [0.05, 0.1) is 42.6 Å². The van der Waals surface area contributed by atoms with Crippen LogP contribution in [0.1, 0.15) is 62.5 Å². The van der Waals surface area contributed by atoms with E-state index in [9.17, 15) is 73.3 Å². The lowest BCUT2D eigenvalue weighted by Crippen LogP contribution is -2.59. The number of methoxy groups -OCH3 is 1. The zero-order valence-corrected chi connectivity index (χ0v) is 53.3. The van der Waals surface area contributed by atoms with Gasteiger partial charge in [0.1, 0.15) is 66.5 Å². The fraction of sp³-hybridized carbons (Fsp3) is 0.441. The predicted octanol–water partition coefficient (Wildman–Crippen LogP) is -3.57. The summed E-state index contributed by atoms with van der Waals surface area (Å²) in [6.45, 7) is -3.51. The summed E-state index contributed by atoms with van der Waals surface area (Å²) in [5.41, 5.74) is 31.9. The van der Waals surface area contributed by atoms with Gasteiger partial charge < -0.3 is 106 Å². The number of guanidine groups is 3. The molecule has 0 saturated carbocycles. The lowest BCUT2D eigenvalue weighted by Gasteiger charge is -2.28. The highest BCUT2D eigenvalue weighted by atomic mass is 16.6. The number of amides is 8. The molecule has 1 aromatic heterocycles. The van der Waals surface area contributed by atoms with Crippen LogP contribution in [-0.2, 0) is 60.9 Å². The number of hydrogen-bond acceptors (Lipinski definition) is 23. The molecular weight excluding hydrogens is 1290 g/mol. The number of aliphatic imine (C=N–C) groups is 3. The van der Waals surface area contributed by atoms with Gasteiger partial charge in [-0.2, -0.15) is 0 Å². The number of likely N-dealkylation sites (tertiary alicyclic amines) is 1. The summed E-state index contributed by atoms with van der Waals surface area (Å²) in [7, 11) is 1.44. The Bertz CT molecular complexity index is 3640. The fourth-order valence-electron chi connectivity index (χ4n) is 9.63. The molecule has 98 heavy (non-hydrogen) atoms. The molecule has 21 N–H and O–H groups in total. The van der Waals surface area contributed by atoms with Gasteiger partial charge in [0.15, 0.2) is 17.9 Å². The number of anilines is 1. The van der Waals surface area contributed by atoms with Crippen molar-refractivity contribution >= 4 is 99.3 Å². The van der Waals surface area contributed by atoms with Gasteiger partial charge in [0.2, 0.25) is 41.4 Å². The third-order valence-corrected chi connectivity index (χ3v) is 14.5. The van der Waals surface area contributed by atoms with Crippen molar-refractivity contribution in [2.24, 2.45) is 49.4 Å². The molecule has 0 spiro atoms. The minimum atomic E-state index is -1.86. The highest BCUT2D eigenvalue weighted by Gasteiger charge is 2.40. The molecule has 3 aromatic carbocycles. The van der Waals surface area contributed by atoms with E-state index in [1.54, 1.807) is 42.5 Å². The molecule has 39 heteroatoms. The van der Waals surface area contributed by atoms with E-state index in [1.807, 2.05) is 0 Å². The van der Waals surface area contributed by atoms with E-state index in [4.69, 9.17) is 53.0 Å². The van der Waals surface area contributed by atoms with Gasteiger partial charge in [-0.05, 0) is 81.2 Å². The molecule has 1 fully saturated rings. The number of nitrogens with one attached hydrogen (secondary N) is 8. The zero-order valence-electron chi connectivity index (χ0n) is 53.3. The first kappa shape index (κ1) is 76.8. The molecule has 0 aliphatic carbocycles. The minimum Gasteiger partial charge on any atom is -0.497 e. The van der Waals surface area contributed by atoms with Crippen molar-refractivity contribution in [2.75, 3.05) is 71.5 Å². The van der Waals surface area contributed by atoms with Crippen LogP contribution in [0.25, 0.3) is 11.0 Å². The second-order valence-corrected chi connectivity index (χ2v) is 21.8. The molecule has 4 aromatic rings. The quantitative estimate of drug-likeness (QED) is 0.00391. The maximum atomic E-state index is 14.6. The molecule has 39 nitrogen and oxygen atoms in total. The summed E-state index contributed by atoms with van der Waals surface area (Å²) in [6.07, 6.45) is -1.89. The number of nitrogens with two attached hydrogens (primary N) is 6. The van der Waals surface area contributed by atoms with E-state index in [2.05, 4.69) is 57.5 Å². The summed E-state index contributed by atoms with van der Waals surface area (Å²) in [4.78, 5) is 171. The van der Waals surface area contributed by atoms with Crippen molar-refractivity contribution in [3.05, 3.63) is 115 Å². The molecule has 0 radical (unpaired) electrons. The molecule has 6 atom stereocenters. The smallest absolute Gasteiger partial charge is 0.408 e. The molecule has 1 aliphatic rings. The van der Waals surface area contributed by atoms with Crippen LogP contribution >= 0.6 is 0 Å². The number of rotatable bonds is 39. The lowest BCUT2D eigenvalue weighted by atomic mass is 10.1. The van der Waals surface area contributed by atoms with Gasteiger partial charge >= 0.3 is 17.7 Å². The monoisotopic (exact) mass is 1370 g/mol. The van der Waals surface area contributed by atoms with Crippen LogP contribution in [0.15, 0.2) is 97.0 Å². The van der Waals surface area contributed by atoms with E-state index >= 15 is 0 Å². The van der Waals surface area contributed by atoms with Crippen LogP contribution in [0.5, 0.6) is 5.75 Å². The first-order valence-electron chi connectivity index (χ1n) is 30.5. The largest absolute Gasteiger partial charge is 0.497 e. The fourth-order valence-corrected chi connectivity index (χ4v) is 9.63. The normalized spacial score (nSPS) is 13.8. The van der Waals surface area contributed by atoms with Crippen molar-refractivity contribution in [3.8, 4) is 5.75 Å². The number of ether oxygens (including phenoxy) is 3. The molecular formula is C59H80N20O19. The van der Waals surface area contributed by atoms with Gasteiger partial charge in [-0.1, -0.05) is 30.3 Å². The Labute approximate surface area is 558 Å². The van der Waals surface area contributed by atoms with Crippen LogP contribution in [0.3, 0.4) is 0 Å². The van der Waals surface area contributed by atoms with Gasteiger partial charge in [0.25, 0.3) is 11.4 Å². The summed E-state index contributed by atoms with van der Waals surface area (Å²) in [5, 5.41) is 53.8. The summed E-state index contributed by atoms with van der Waals surface area (Å²) in [5.74, 6) is -8.06. The van der Waals surface area contributed by atoms with E-state index in [-0.39, 0.29) is 132 Å². The predicted molar refractivity (Wildman–Crippen MR) is 351 cm³/mol. The van der Waals surface area contributed by atoms with Crippen LogP contribution in [-0.4, -0.2) is 194 Å². The Morgan fingerprint density at radius 1 is 0.673 bits per heavy atom. The molecule has 1 saturated heterocycles. The Balaban J connectivity index is 1.32. The van der Waals surface area contributed by atoms with Gasteiger partial charge in [-0.15, -0.1) is 0 Å². The second-order valence-electron chi connectivity index (χ2n) is 21.8. The topological polar surface area (TPSA) is 611 Å². The Hall–Kier alpha value is -11.9. The average Bonchev–Trinajstić information content (AvgIpc) is 1.04. The maximum absolute atomic E-state index is 14.6. The standard InChI is InChI=1S/C59H80N20O19/c1-95-37-17-15-34-25-35(54(88)98-46(34)28-37)26-47(81)71-29-48(82)72-42(30-80)53(87)77-24-8-14-44(77)55(89)96-32-43(76-59(90)97-31-33-9-3-2-4-10-33)52(86)75-41(13-7-21-70-58(64)65)51(85)74-40(12-6-20-69-57(62)63)50(84)73-39(11-5-19-68-56(60)61)49(83)67-23-22-66-38-18-16-36(78(91)92)27-45(38)79(93)94/h2-4,9-10,15-18,25,27-28,39-44,66,80H,5-8,11-14,19-24,26,29-32H2,1H3,(H,67,83)(H,71,81)(H,72,82)(H,73,84)(H,74,85)(H,75,86)(H,76,90)(H4,60,61,68)(H4,62,63,69)(H4,64,65,70)/t39-,40-,41-,42-,43-,44-/m0/s1. The average molecular weight is 1370 g/mol. The Morgan fingerprint density at radius 3 is 1.83 bits per heavy atom. The number of nitro benzene ring substituents is 2. The first-order chi connectivity index (χ1) is 46.8. The second kappa shape index (κ2) is 39.1. The van der Waals surface area contributed by atoms with E-state index in [1.165, 1.54) is 19.2 Å². The first-order valence-corrected chi connectivity index (χ1v) is 30.5. The van der Waals surface area contributed by atoms with Crippen molar-refractivity contribution in [3.63, 3.8) is 0 Å². The molecule has 0 bridgehead atoms. The van der Waals surface area contributed by atoms with E-state index in [0.29, 0.717) is 16.7 Å². The lowest BCUT2D eigenvalue weighted by molar-refractivity contribution is -0.393. The van der Waals surface area contributed by atoms with Crippen LogP contribution in [0.2, 0.25) is 0 Å². The van der Waals surface area contributed by atoms with Crippen LogP contribution in [0, 0.1) is 20.2 Å². The number of non-ortho nitro benzene ring substituents is 1. The zero-order chi connectivity index (χ0) is 71.8. The summed E-state index contributed by atoms with van der Waals surface area (Å²) >= 11 is 0. The van der Waals surface area contributed by atoms with E-state index < -0.39 is 143 Å². The summed E-state index contributed by atoms with van der Waals surface area (Å²) < 4.78 is 21.4. The third-order valence-electron chi connectivity index (χ3n) is 14.5. The van der Waals surface area contributed by atoms with Gasteiger partial charge in [-0.25, -0.2) is 14.4 Å². The highest BCUT2D eigenvalue weighted by molar-refractivity contribution is 5.96. The number of alkyl carbamates (subject to hydrolysis) is 1. The number of carbonyl (C=O) groups excluding carboxylic acids is 9. The molecule has 530 valence electrons. The number of nitro groups is 2. The summed E-state index contributed by atoms with van der Waals surface area (Å²) in [6, 6.07) is 8.09. The Kier molecular flexibility index (Phi) is 30.6. The van der Waals surface area contributed by atoms with E-state index in [0.717, 1.165) is 23.1 Å². The van der Waals surface area contributed by atoms with Crippen molar-refractivity contribution < 1.29 is 76.7 Å². The molecule has 2 heterocycles. The maximum Gasteiger partial charge on any atom is 0.408 e. The molecule has 5 rings (SSSR count). The number of esters is 1. The number of hydrogen-bond donors (Lipinski definition) is 15. The van der Waals surface area contributed by atoms with Crippen LogP contribution < -0.4 is 87.3 Å². The molecule has 8 amide bonds. The molecule has 1 aliphatic heterocycles. The number of carbonyl (C=O) groups is 9. The highest BCUT2D eigenvalue weighted by Crippen LogP contribution is 2.29.